The van der Waals surface area contributed by atoms with Crippen molar-refractivity contribution in [1.82, 2.24) is 4.90 Å². The van der Waals surface area contributed by atoms with Crippen molar-refractivity contribution in [3.05, 3.63) is 65.7 Å². The predicted octanol–water partition coefficient (Wildman–Crippen LogP) is 3.50. The Hall–Kier alpha value is -2.33. The molecule has 1 atom stereocenters. The molecule has 1 N–H and O–H groups in total. The highest BCUT2D eigenvalue weighted by molar-refractivity contribution is 5.84. The highest BCUT2D eigenvalue weighted by Gasteiger charge is 2.42. The third kappa shape index (κ3) is 3.47. The molecule has 2 aromatic carbocycles. The highest BCUT2D eigenvalue weighted by atomic mass is 16.5. The van der Waals surface area contributed by atoms with Crippen LogP contribution in [0.5, 0.6) is 5.75 Å². The van der Waals surface area contributed by atoms with E-state index in [9.17, 15) is 9.90 Å². The van der Waals surface area contributed by atoms with Gasteiger partial charge < -0.3 is 14.7 Å². The number of phenolic OH excluding ortho intramolecular Hbond substituents is 1. The van der Waals surface area contributed by atoms with Gasteiger partial charge in [0, 0.05) is 13.1 Å². The van der Waals surface area contributed by atoms with E-state index in [1.165, 1.54) is 0 Å². The van der Waals surface area contributed by atoms with E-state index < -0.39 is 0 Å². The Balaban J connectivity index is 1.52. The van der Waals surface area contributed by atoms with Crippen LogP contribution in [0, 0.1) is 0 Å². The Morgan fingerprint density at radius 2 is 1.69 bits per heavy atom. The van der Waals surface area contributed by atoms with Gasteiger partial charge in [0.2, 0.25) is 5.91 Å². The Morgan fingerprint density at radius 1 is 1.04 bits per heavy atom. The number of piperidine rings is 1. The van der Waals surface area contributed by atoms with Crippen LogP contribution in [0.1, 0.15) is 36.3 Å². The molecule has 1 amide bonds. The largest absolute Gasteiger partial charge is 0.508 e. The van der Waals surface area contributed by atoms with E-state index in [4.69, 9.17) is 4.74 Å². The molecule has 0 aromatic heterocycles. The smallest absolute Gasteiger partial charge is 0.230 e. The molecule has 0 saturated carbocycles. The topological polar surface area (TPSA) is 49.8 Å². The lowest BCUT2D eigenvalue weighted by molar-refractivity contribution is -0.176. The molecule has 26 heavy (non-hydrogen) atoms. The first-order valence-electron chi connectivity index (χ1n) is 9.41. The first-order chi connectivity index (χ1) is 12.7. The second-order valence-corrected chi connectivity index (χ2v) is 7.44. The summed E-state index contributed by atoms with van der Waals surface area (Å²) in [5.74, 6) is 0.244. The van der Waals surface area contributed by atoms with Crippen LogP contribution in [0.3, 0.4) is 0 Å². The average Bonchev–Trinajstić information content (AvgIpc) is 2.66. The van der Waals surface area contributed by atoms with Crippen LogP contribution in [0.25, 0.3) is 0 Å². The van der Waals surface area contributed by atoms with E-state index in [2.05, 4.69) is 0 Å². The van der Waals surface area contributed by atoms with E-state index >= 15 is 0 Å². The van der Waals surface area contributed by atoms with Crippen molar-refractivity contribution in [3.63, 3.8) is 0 Å². The zero-order chi connectivity index (χ0) is 18.0. The molecule has 2 aliphatic heterocycles. The first-order valence-corrected chi connectivity index (χ1v) is 9.41. The molecule has 1 spiro atoms. The second-order valence-electron chi connectivity index (χ2n) is 7.44. The van der Waals surface area contributed by atoms with Gasteiger partial charge in [0.1, 0.15) is 5.75 Å². The van der Waals surface area contributed by atoms with Gasteiger partial charge >= 0.3 is 0 Å². The summed E-state index contributed by atoms with van der Waals surface area (Å²) in [4.78, 5) is 15.3. The van der Waals surface area contributed by atoms with Gasteiger partial charge in [0.25, 0.3) is 0 Å². The van der Waals surface area contributed by atoms with Gasteiger partial charge in [-0.3, -0.25) is 4.79 Å². The highest BCUT2D eigenvalue weighted by Crippen LogP contribution is 2.37. The van der Waals surface area contributed by atoms with Crippen molar-refractivity contribution in [3.8, 4) is 5.75 Å². The SMILES string of the molecule is O=C([C@H](Cc1ccc(O)cc1)c1ccccc1)N1CCC2(CCO2)CC1. The maximum Gasteiger partial charge on any atom is 0.230 e. The molecule has 0 bridgehead atoms. The fraction of sp³-hybridized carbons (Fsp3) is 0.409. The second kappa shape index (κ2) is 7.12. The number of amides is 1. The summed E-state index contributed by atoms with van der Waals surface area (Å²) in [6, 6.07) is 17.2. The molecule has 0 unspecified atom stereocenters. The number of rotatable bonds is 4. The van der Waals surface area contributed by atoms with E-state index in [-0.39, 0.29) is 23.2 Å². The van der Waals surface area contributed by atoms with Crippen LogP contribution in [0.15, 0.2) is 54.6 Å². The van der Waals surface area contributed by atoms with Crippen molar-refractivity contribution in [2.45, 2.75) is 37.2 Å². The number of nitrogens with zero attached hydrogens (tertiary/aromatic N) is 1. The number of carbonyl (C=O) groups is 1. The molecule has 2 saturated heterocycles. The lowest BCUT2D eigenvalue weighted by atomic mass is 9.83. The van der Waals surface area contributed by atoms with Crippen LogP contribution in [0.2, 0.25) is 0 Å². The van der Waals surface area contributed by atoms with Crippen LogP contribution in [-0.2, 0) is 16.0 Å². The minimum absolute atomic E-state index is 0.0516. The van der Waals surface area contributed by atoms with Crippen molar-refractivity contribution in [2.24, 2.45) is 0 Å². The van der Waals surface area contributed by atoms with Gasteiger partial charge in [-0.25, -0.2) is 0 Å². The van der Waals surface area contributed by atoms with Gasteiger partial charge in [-0.05, 0) is 48.9 Å². The van der Waals surface area contributed by atoms with Crippen molar-refractivity contribution >= 4 is 5.91 Å². The monoisotopic (exact) mass is 351 g/mol. The Labute approximate surface area is 154 Å². The molecule has 2 aromatic rings. The number of likely N-dealkylation sites (tertiary alicyclic amines) is 1. The first kappa shape index (κ1) is 17.1. The number of benzene rings is 2. The Morgan fingerprint density at radius 3 is 2.27 bits per heavy atom. The van der Waals surface area contributed by atoms with Crippen LogP contribution in [0.4, 0.5) is 0 Å². The van der Waals surface area contributed by atoms with Crippen molar-refractivity contribution in [1.29, 1.82) is 0 Å². The van der Waals surface area contributed by atoms with Gasteiger partial charge in [0.15, 0.2) is 0 Å². The van der Waals surface area contributed by atoms with Crippen LogP contribution in [-0.4, -0.2) is 41.2 Å². The molecular weight excluding hydrogens is 326 g/mol. The van der Waals surface area contributed by atoms with E-state index in [1.54, 1.807) is 12.1 Å². The summed E-state index contributed by atoms with van der Waals surface area (Å²) >= 11 is 0. The summed E-state index contributed by atoms with van der Waals surface area (Å²) in [7, 11) is 0. The maximum absolute atomic E-state index is 13.3. The van der Waals surface area contributed by atoms with Crippen LogP contribution >= 0.6 is 0 Å². The summed E-state index contributed by atoms with van der Waals surface area (Å²) in [5, 5.41) is 9.51. The Kier molecular flexibility index (Phi) is 4.68. The molecule has 2 aliphatic rings. The molecule has 2 heterocycles. The molecule has 136 valence electrons. The van der Waals surface area contributed by atoms with Gasteiger partial charge in [0.05, 0.1) is 18.1 Å². The molecule has 2 fully saturated rings. The zero-order valence-corrected chi connectivity index (χ0v) is 14.9. The molecule has 0 radical (unpaired) electrons. The fourth-order valence-corrected chi connectivity index (χ4v) is 4.04. The minimum Gasteiger partial charge on any atom is -0.508 e. The maximum atomic E-state index is 13.3. The number of hydrogen-bond acceptors (Lipinski definition) is 3. The fourth-order valence-electron chi connectivity index (χ4n) is 4.04. The minimum atomic E-state index is -0.197. The van der Waals surface area contributed by atoms with Crippen molar-refractivity contribution < 1.29 is 14.6 Å². The molecular formula is C22H25NO3. The number of aromatic hydroxyl groups is 1. The summed E-state index contributed by atoms with van der Waals surface area (Å²) in [6.07, 6.45) is 3.66. The Bertz CT molecular complexity index is 743. The van der Waals surface area contributed by atoms with Gasteiger partial charge in [-0.2, -0.15) is 0 Å². The average molecular weight is 351 g/mol. The molecule has 4 rings (SSSR count). The lowest BCUT2D eigenvalue weighted by Gasteiger charge is -2.48. The third-order valence-electron chi connectivity index (χ3n) is 5.83. The number of phenols is 1. The quantitative estimate of drug-likeness (QED) is 0.917. The standard InChI is InChI=1S/C22H25NO3/c24-19-8-6-17(7-9-19)16-20(18-4-2-1-3-5-18)21(25)23-13-10-22(11-14-23)12-15-26-22/h1-9,20,24H,10-16H2/t20-/m1/s1. The molecule has 0 aliphatic carbocycles. The zero-order valence-electron chi connectivity index (χ0n) is 14.9. The summed E-state index contributed by atoms with van der Waals surface area (Å²) in [5.41, 5.74) is 2.15. The van der Waals surface area contributed by atoms with E-state index in [0.29, 0.717) is 6.42 Å². The lowest BCUT2D eigenvalue weighted by Crippen LogP contribution is -2.54. The van der Waals surface area contributed by atoms with E-state index in [1.807, 2.05) is 47.4 Å². The molecule has 4 heteroatoms. The number of ether oxygens (including phenoxy) is 1. The van der Waals surface area contributed by atoms with Gasteiger partial charge in [-0.1, -0.05) is 42.5 Å². The van der Waals surface area contributed by atoms with Gasteiger partial charge in [-0.15, -0.1) is 0 Å². The predicted molar refractivity (Wildman–Crippen MR) is 100 cm³/mol. The normalized spacial score (nSPS) is 19.8. The third-order valence-corrected chi connectivity index (χ3v) is 5.83. The molecule has 4 nitrogen and oxygen atoms in total. The number of carbonyl (C=O) groups excluding carboxylic acids is 1. The summed E-state index contributed by atoms with van der Waals surface area (Å²) in [6.45, 7) is 2.41. The van der Waals surface area contributed by atoms with E-state index in [0.717, 1.165) is 50.1 Å². The number of hydrogen-bond donors (Lipinski definition) is 1. The summed E-state index contributed by atoms with van der Waals surface area (Å²) < 4.78 is 5.78. The van der Waals surface area contributed by atoms with Crippen molar-refractivity contribution in [2.75, 3.05) is 19.7 Å². The van der Waals surface area contributed by atoms with Crippen LogP contribution < -0.4 is 0 Å².